The van der Waals surface area contributed by atoms with Crippen LogP contribution in [0.5, 0.6) is 0 Å². The molecule has 0 aromatic heterocycles. The number of nitrogens with one attached hydrogen (secondary N) is 2. The second-order valence-corrected chi connectivity index (χ2v) is 4.38. The van der Waals surface area contributed by atoms with Gasteiger partial charge in [0.15, 0.2) is 0 Å². The van der Waals surface area contributed by atoms with Crippen LogP contribution in [0, 0.1) is 11.7 Å². The summed E-state index contributed by atoms with van der Waals surface area (Å²) >= 11 is 0. The maximum Gasteiger partial charge on any atom is 0.254 e. The summed E-state index contributed by atoms with van der Waals surface area (Å²) in [6.45, 7) is 2.63. The van der Waals surface area contributed by atoms with E-state index in [0.717, 1.165) is 25.9 Å². The number of hydrogen-bond donors (Lipinski definition) is 2. The van der Waals surface area contributed by atoms with Gasteiger partial charge in [0.25, 0.3) is 5.91 Å². The molecule has 0 saturated carbocycles. The minimum atomic E-state index is -0.463. The molecule has 0 aliphatic carbocycles. The van der Waals surface area contributed by atoms with Crippen molar-refractivity contribution in [3.8, 4) is 0 Å². The number of carbonyl (C=O) groups excluding carboxylic acids is 1. The van der Waals surface area contributed by atoms with Crippen molar-refractivity contribution in [3.05, 3.63) is 35.6 Å². The van der Waals surface area contributed by atoms with Crippen LogP contribution in [0.25, 0.3) is 0 Å². The zero-order valence-corrected chi connectivity index (χ0v) is 9.71. The fourth-order valence-electron chi connectivity index (χ4n) is 2.06. The zero-order valence-electron chi connectivity index (χ0n) is 9.71. The monoisotopic (exact) mass is 236 g/mol. The van der Waals surface area contributed by atoms with Crippen LogP contribution in [-0.4, -0.2) is 25.5 Å². The Hall–Kier alpha value is -1.42. The summed E-state index contributed by atoms with van der Waals surface area (Å²) in [5.74, 6) is -0.274. The predicted octanol–water partition coefficient (Wildman–Crippen LogP) is 1.56. The second-order valence-electron chi connectivity index (χ2n) is 4.38. The van der Waals surface area contributed by atoms with Gasteiger partial charge in [0.1, 0.15) is 5.82 Å². The summed E-state index contributed by atoms with van der Waals surface area (Å²) in [6.07, 6.45) is 2.13. The Balaban J connectivity index is 1.87. The van der Waals surface area contributed by atoms with E-state index in [-0.39, 0.29) is 11.5 Å². The number of carbonyl (C=O) groups is 1. The Morgan fingerprint density at radius 2 is 2.06 bits per heavy atom. The molecule has 1 aliphatic rings. The Morgan fingerprint density at radius 3 is 2.76 bits per heavy atom. The maximum absolute atomic E-state index is 13.3. The standard InChI is InChI=1S/C13H17FN2O/c14-12-4-2-1-3-11(12)13(17)16-9-10-5-7-15-8-6-10/h1-4,10,15H,5-9H2,(H,16,17). The van der Waals surface area contributed by atoms with Crippen LogP contribution >= 0.6 is 0 Å². The lowest BCUT2D eigenvalue weighted by atomic mass is 9.98. The van der Waals surface area contributed by atoms with Crippen molar-refractivity contribution in [2.45, 2.75) is 12.8 Å². The van der Waals surface area contributed by atoms with Crippen LogP contribution in [0.4, 0.5) is 4.39 Å². The van der Waals surface area contributed by atoms with Crippen LogP contribution < -0.4 is 10.6 Å². The summed E-state index contributed by atoms with van der Waals surface area (Å²) in [4.78, 5) is 11.7. The third kappa shape index (κ3) is 3.27. The van der Waals surface area contributed by atoms with Crippen molar-refractivity contribution in [1.29, 1.82) is 0 Å². The molecule has 1 aromatic carbocycles. The molecule has 17 heavy (non-hydrogen) atoms. The Labute approximate surface area is 100 Å². The van der Waals surface area contributed by atoms with Gasteiger partial charge < -0.3 is 10.6 Å². The summed E-state index contributed by atoms with van der Waals surface area (Å²) < 4.78 is 13.3. The molecular formula is C13H17FN2O. The molecule has 2 rings (SSSR count). The quantitative estimate of drug-likeness (QED) is 0.836. The molecule has 0 atom stereocenters. The van der Waals surface area contributed by atoms with Gasteiger partial charge in [-0.15, -0.1) is 0 Å². The highest BCUT2D eigenvalue weighted by atomic mass is 19.1. The van der Waals surface area contributed by atoms with E-state index >= 15 is 0 Å². The highest BCUT2D eigenvalue weighted by Crippen LogP contribution is 2.11. The van der Waals surface area contributed by atoms with E-state index in [1.807, 2.05) is 0 Å². The van der Waals surface area contributed by atoms with Gasteiger partial charge >= 0.3 is 0 Å². The van der Waals surface area contributed by atoms with E-state index in [1.165, 1.54) is 12.1 Å². The van der Waals surface area contributed by atoms with Crippen molar-refractivity contribution < 1.29 is 9.18 Å². The average Bonchev–Trinajstić information content (AvgIpc) is 2.38. The molecule has 0 unspecified atom stereocenters. The van der Waals surface area contributed by atoms with E-state index in [0.29, 0.717) is 12.5 Å². The van der Waals surface area contributed by atoms with Gasteiger partial charge in [-0.1, -0.05) is 12.1 Å². The molecule has 1 aliphatic heterocycles. The Bertz CT molecular complexity index is 389. The molecular weight excluding hydrogens is 219 g/mol. The first kappa shape index (κ1) is 12.0. The average molecular weight is 236 g/mol. The first-order valence-electron chi connectivity index (χ1n) is 6.01. The zero-order chi connectivity index (χ0) is 12.1. The SMILES string of the molecule is O=C(NCC1CCNCC1)c1ccccc1F. The maximum atomic E-state index is 13.3. The topological polar surface area (TPSA) is 41.1 Å². The predicted molar refractivity (Wildman–Crippen MR) is 64.3 cm³/mol. The summed E-state index contributed by atoms with van der Waals surface area (Å²) in [7, 11) is 0. The minimum absolute atomic E-state index is 0.126. The smallest absolute Gasteiger partial charge is 0.254 e. The lowest BCUT2D eigenvalue weighted by molar-refractivity contribution is 0.0940. The summed E-state index contributed by atoms with van der Waals surface area (Å²) in [5.41, 5.74) is 0.126. The third-order valence-corrected chi connectivity index (χ3v) is 3.13. The fraction of sp³-hybridized carbons (Fsp3) is 0.462. The number of piperidine rings is 1. The number of hydrogen-bond acceptors (Lipinski definition) is 2. The number of halogens is 1. The highest BCUT2D eigenvalue weighted by Gasteiger charge is 2.15. The molecule has 3 nitrogen and oxygen atoms in total. The van der Waals surface area contributed by atoms with Crippen molar-refractivity contribution in [2.75, 3.05) is 19.6 Å². The van der Waals surface area contributed by atoms with E-state index in [9.17, 15) is 9.18 Å². The molecule has 0 spiro atoms. The van der Waals surface area contributed by atoms with Gasteiger partial charge in [0.05, 0.1) is 5.56 Å². The van der Waals surface area contributed by atoms with Crippen molar-refractivity contribution in [1.82, 2.24) is 10.6 Å². The second kappa shape index (κ2) is 5.77. The first-order chi connectivity index (χ1) is 8.27. The van der Waals surface area contributed by atoms with Crippen molar-refractivity contribution >= 4 is 5.91 Å². The molecule has 0 bridgehead atoms. The Morgan fingerprint density at radius 1 is 1.35 bits per heavy atom. The summed E-state index contributed by atoms with van der Waals surface area (Å²) in [6, 6.07) is 6.06. The minimum Gasteiger partial charge on any atom is -0.352 e. The molecule has 4 heteroatoms. The first-order valence-corrected chi connectivity index (χ1v) is 6.01. The van der Waals surface area contributed by atoms with E-state index in [4.69, 9.17) is 0 Å². The summed E-state index contributed by atoms with van der Waals surface area (Å²) in [5, 5.41) is 6.07. The van der Waals surface area contributed by atoms with Crippen LogP contribution in [0.1, 0.15) is 23.2 Å². The van der Waals surface area contributed by atoms with E-state index in [2.05, 4.69) is 10.6 Å². The highest BCUT2D eigenvalue weighted by molar-refractivity contribution is 5.94. The molecule has 92 valence electrons. The van der Waals surface area contributed by atoms with Gasteiger partial charge in [-0.2, -0.15) is 0 Å². The van der Waals surface area contributed by atoms with Crippen LogP contribution in [0.3, 0.4) is 0 Å². The number of benzene rings is 1. The molecule has 1 saturated heterocycles. The lowest BCUT2D eigenvalue weighted by Gasteiger charge is -2.22. The van der Waals surface area contributed by atoms with Crippen LogP contribution in [0.2, 0.25) is 0 Å². The van der Waals surface area contributed by atoms with Gasteiger partial charge in [0.2, 0.25) is 0 Å². The molecule has 1 heterocycles. The van der Waals surface area contributed by atoms with Crippen LogP contribution in [0.15, 0.2) is 24.3 Å². The molecule has 1 fully saturated rings. The normalized spacial score (nSPS) is 16.8. The van der Waals surface area contributed by atoms with Crippen LogP contribution in [-0.2, 0) is 0 Å². The molecule has 1 aromatic rings. The molecule has 2 N–H and O–H groups in total. The third-order valence-electron chi connectivity index (χ3n) is 3.13. The van der Waals surface area contributed by atoms with Gasteiger partial charge in [-0.3, -0.25) is 4.79 Å². The van der Waals surface area contributed by atoms with E-state index < -0.39 is 5.82 Å². The van der Waals surface area contributed by atoms with Gasteiger partial charge in [-0.05, 0) is 44.0 Å². The molecule has 0 radical (unpaired) electrons. The van der Waals surface area contributed by atoms with Crippen molar-refractivity contribution in [3.63, 3.8) is 0 Å². The van der Waals surface area contributed by atoms with E-state index in [1.54, 1.807) is 12.1 Å². The van der Waals surface area contributed by atoms with Gasteiger partial charge in [-0.25, -0.2) is 4.39 Å². The lowest BCUT2D eigenvalue weighted by Crippen LogP contribution is -2.36. The fourth-order valence-corrected chi connectivity index (χ4v) is 2.06. The number of amides is 1. The van der Waals surface area contributed by atoms with Crippen molar-refractivity contribution in [2.24, 2.45) is 5.92 Å². The van der Waals surface area contributed by atoms with Gasteiger partial charge in [0, 0.05) is 6.54 Å². The molecule has 1 amide bonds. The Kier molecular flexibility index (Phi) is 4.09. The largest absolute Gasteiger partial charge is 0.352 e. The number of rotatable bonds is 3.